The second kappa shape index (κ2) is 10.1. The standard InChI is InChI=1S/C26H23Cl2F2N3O5/c1-13-18(31-23(34)12-37-15-3-4-16(28)17(29)9-15)10-19(13)32-24(35)22-11-33(25(36)26(30)6-7-26)20-8-14(27)2-5-21(20)38-22/h2-5,8-9,18,22H,6-7,10-12H2,1H3,(H,31,34)(H,32,35). The second-order valence-electron chi connectivity index (χ2n) is 9.44. The van der Waals surface area contributed by atoms with Crippen LogP contribution in [0.25, 0.3) is 0 Å². The van der Waals surface area contributed by atoms with Gasteiger partial charge in [-0.1, -0.05) is 23.2 Å². The largest absolute Gasteiger partial charge is 0.484 e. The van der Waals surface area contributed by atoms with Crippen molar-refractivity contribution in [3.63, 3.8) is 0 Å². The Labute approximate surface area is 226 Å². The van der Waals surface area contributed by atoms with E-state index in [0.29, 0.717) is 22.8 Å². The van der Waals surface area contributed by atoms with E-state index < -0.39 is 35.3 Å². The van der Waals surface area contributed by atoms with Gasteiger partial charge in [-0.15, -0.1) is 0 Å². The number of halogens is 4. The van der Waals surface area contributed by atoms with E-state index in [1.54, 1.807) is 13.0 Å². The molecule has 0 aromatic heterocycles. The number of hydrogen-bond acceptors (Lipinski definition) is 5. The molecule has 38 heavy (non-hydrogen) atoms. The Morgan fingerprint density at radius 1 is 1.18 bits per heavy atom. The molecule has 1 saturated carbocycles. The molecule has 2 aliphatic carbocycles. The summed E-state index contributed by atoms with van der Waals surface area (Å²) in [7, 11) is 0. The van der Waals surface area contributed by atoms with E-state index in [4.69, 9.17) is 32.7 Å². The minimum atomic E-state index is -1.93. The summed E-state index contributed by atoms with van der Waals surface area (Å²) in [6.45, 7) is 1.26. The molecule has 0 saturated heterocycles. The molecule has 1 fully saturated rings. The fourth-order valence-electron chi connectivity index (χ4n) is 4.24. The minimum Gasteiger partial charge on any atom is -0.484 e. The molecular formula is C26H23Cl2F2N3O5. The predicted octanol–water partition coefficient (Wildman–Crippen LogP) is 4.09. The predicted molar refractivity (Wildman–Crippen MR) is 136 cm³/mol. The van der Waals surface area contributed by atoms with Crippen molar-refractivity contribution in [3.8, 4) is 11.5 Å². The number of ether oxygens (including phenoxy) is 2. The zero-order valence-corrected chi connectivity index (χ0v) is 21.7. The Morgan fingerprint density at radius 3 is 2.63 bits per heavy atom. The third-order valence-corrected chi connectivity index (χ3v) is 7.26. The summed E-state index contributed by atoms with van der Waals surface area (Å²) < 4.78 is 39.2. The molecular weight excluding hydrogens is 543 g/mol. The van der Waals surface area contributed by atoms with Crippen LogP contribution in [-0.4, -0.2) is 48.7 Å². The summed E-state index contributed by atoms with van der Waals surface area (Å²) in [6, 6.07) is 8.16. The maximum atomic E-state index is 14.6. The van der Waals surface area contributed by atoms with Crippen LogP contribution in [0.3, 0.4) is 0 Å². The molecule has 0 bridgehead atoms. The molecule has 200 valence electrons. The highest BCUT2D eigenvalue weighted by molar-refractivity contribution is 6.31. The van der Waals surface area contributed by atoms with Crippen molar-refractivity contribution in [2.45, 2.75) is 44.0 Å². The average Bonchev–Trinajstić information content (AvgIpc) is 3.65. The Morgan fingerprint density at radius 2 is 1.95 bits per heavy atom. The van der Waals surface area contributed by atoms with Crippen LogP contribution in [-0.2, 0) is 14.4 Å². The number of anilines is 1. The van der Waals surface area contributed by atoms with E-state index >= 15 is 0 Å². The lowest BCUT2D eigenvalue weighted by molar-refractivity contribution is -0.129. The zero-order chi connectivity index (χ0) is 27.2. The molecule has 2 atom stereocenters. The van der Waals surface area contributed by atoms with Gasteiger partial charge in [-0.05, 0) is 55.7 Å². The lowest BCUT2D eigenvalue weighted by Gasteiger charge is -2.37. The van der Waals surface area contributed by atoms with Gasteiger partial charge in [0.2, 0.25) is 0 Å². The number of nitrogens with zero attached hydrogens (tertiary/aromatic N) is 1. The summed E-state index contributed by atoms with van der Waals surface area (Å²) in [6.07, 6.45) is -0.446. The van der Waals surface area contributed by atoms with Crippen molar-refractivity contribution >= 4 is 46.6 Å². The lowest BCUT2D eigenvalue weighted by Crippen LogP contribution is -2.54. The van der Waals surface area contributed by atoms with Crippen LogP contribution in [0.5, 0.6) is 11.5 Å². The van der Waals surface area contributed by atoms with Crippen LogP contribution in [0, 0.1) is 5.82 Å². The first-order chi connectivity index (χ1) is 18.0. The van der Waals surface area contributed by atoms with Crippen molar-refractivity contribution in [3.05, 3.63) is 63.5 Å². The van der Waals surface area contributed by atoms with E-state index in [9.17, 15) is 23.2 Å². The summed E-state index contributed by atoms with van der Waals surface area (Å²) >= 11 is 11.7. The first-order valence-electron chi connectivity index (χ1n) is 11.9. The molecule has 0 spiro atoms. The van der Waals surface area contributed by atoms with Crippen molar-refractivity contribution in [1.82, 2.24) is 10.6 Å². The van der Waals surface area contributed by atoms with Crippen LogP contribution >= 0.6 is 23.2 Å². The summed E-state index contributed by atoms with van der Waals surface area (Å²) in [4.78, 5) is 39.3. The van der Waals surface area contributed by atoms with Crippen LogP contribution in [0.1, 0.15) is 26.2 Å². The quantitative estimate of drug-likeness (QED) is 0.527. The molecule has 3 aliphatic rings. The Balaban J connectivity index is 1.18. The van der Waals surface area contributed by atoms with Crippen LogP contribution < -0.4 is 25.0 Å². The van der Waals surface area contributed by atoms with Crippen LogP contribution in [0.4, 0.5) is 14.5 Å². The fraction of sp³-hybridized carbons (Fsp3) is 0.346. The molecule has 3 amide bonds. The molecule has 2 unspecified atom stereocenters. The molecule has 12 heteroatoms. The maximum absolute atomic E-state index is 14.6. The number of fused-ring (bicyclic) bond motifs is 1. The number of carbonyl (C=O) groups excluding carboxylic acids is 3. The monoisotopic (exact) mass is 565 g/mol. The Kier molecular flexibility index (Phi) is 6.96. The molecule has 0 radical (unpaired) electrons. The number of benzene rings is 2. The molecule has 8 nitrogen and oxygen atoms in total. The van der Waals surface area contributed by atoms with E-state index in [-0.39, 0.29) is 48.6 Å². The van der Waals surface area contributed by atoms with Gasteiger partial charge in [0, 0.05) is 23.2 Å². The van der Waals surface area contributed by atoms with Crippen molar-refractivity contribution in [1.29, 1.82) is 0 Å². The smallest absolute Gasteiger partial charge is 0.267 e. The highest BCUT2D eigenvalue weighted by Crippen LogP contribution is 2.45. The summed E-state index contributed by atoms with van der Waals surface area (Å²) in [5.41, 5.74) is -0.266. The normalized spacial score (nSPS) is 21.0. The molecule has 1 heterocycles. The number of hydrogen-bond donors (Lipinski definition) is 2. The average molecular weight is 566 g/mol. The van der Waals surface area contributed by atoms with Gasteiger partial charge in [-0.2, -0.15) is 0 Å². The molecule has 2 N–H and O–H groups in total. The first-order valence-corrected chi connectivity index (χ1v) is 12.6. The summed E-state index contributed by atoms with van der Waals surface area (Å²) in [5, 5.41) is 5.87. The SMILES string of the molecule is CC1=C(NC(=O)C2CN(C(=O)C3(F)CC3)c3cc(Cl)ccc3O2)CC1NC(=O)COc1ccc(Cl)c(F)c1. The summed E-state index contributed by atoms with van der Waals surface area (Å²) in [5.74, 6) is -1.87. The molecule has 5 rings (SSSR count). The van der Waals surface area contributed by atoms with Gasteiger partial charge in [-0.25, -0.2) is 8.78 Å². The van der Waals surface area contributed by atoms with Crippen molar-refractivity contribution < 1.29 is 32.6 Å². The maximum Gasteiger partial charge on any atom is 0.267 e. The van der Waals surface area contributed by atoms with E-state index in [1.165, 1.54) is 29.2 Å². The van der Waals surface area contributed by atoms with Crippen LogP contribution in [0.15, 0.2) is 47.7 Å². The number of amides is 3. The highest BCUT2D eigenvalue weighted by Gasteiger charge is 2.54. The topological polar surface area (TPSA) is 97.0 Å². The fourth-order valence-corrected chi connectivity index (χ4v) is 4.52. The van der Waals surface area contributed by atoms with E-state index in [0.717, 1.165) is 11.6 Å². The van der Waals surface area contributed by atoms with E-state index in [2.05, 4.69) is 10.6 Å². The second-order valence-corrected chi connectivity index (χ2v) is 10.3. The molecule has 2 aromatic rings. The zero-order valence-electron chi connectivity index (χ0n) is 20.2. The van der Waals surface area contributed by atoms with Crippen molar-refractivity contribution in [2.24, 2.45) is 0 Å². The molecule has 1 aliphatic heterocycles. The highest BCUT2D eigenvalue weighted by atomic mass is 35.5. The molecule has 2 aromatic carbocycles. The number of carbonyl (C=O) groups is 3. The van der Waals surface area contributed by atoms with Gasteiger partial charge >= 0.3 is 0 Å². The number of nitrogens with one attached hydrogen (secondary N) is 2. The minimum absolute atomic E-state index is 0.0487. The van der Waals surface area contributed by atoms with Gasteiger partial charge < -0.3 is 25.0 Å². The third kappa shape index (κ3) is 5.28. The Bertz CT molecular complexity index is 1360. The van der Waals surface area contributed by atoms with E-state index in [1.807, 2.05) is 0 Å². The van der Waals surface area contributed by atoms with Gasteiger partial charge in [-0.3, -0.25) is 14.4 Å². The van der Waals surface area contributed by atoms with Crippen molar-refractivity contribution in [2.75, 3.05) is 18.1 Å². The third-order valence-electron chi connectivity index (χ3n) is 6.72. The van der Waals surface area contributed by atoms with Gasteiger partial charge in [0.25, 0.3) is 17.7 Å². The number of alkyl halides is 1. The Hall–Kier alpha value is -3.37. The lowest BCUT2D eigenvalue weighted by atomic mass is 9.89. The first kappa shape index (κ1) is 26.2. The van der Waals surface area contributed by atoms with Gasteiger partial charge in [0.15, 0.2) is 18.4 Å². The van der Waals surface area contributed by atoms with Crippen LogP contribution in [0.2, 0.25) is 10.0 Å². The van der Waals surface area contributed by atoms with Gasteiger partial charge in [0.05, 0.1) is 23.3 Å². The van der Waals surface area contributed by atoms with Gasteiger partial charge in [0.1, 0.15) is 17.3 Å². The number of rotatable bonds is 7.